The van der Waals surface area contributed by atoms with Crippen LogP contribution in [-0.4, -0.2) is 30.1 Å². The molecule has 0 amide bonds. The second-order valence-corrected chi connectivity index (χ2v) is 5.57. The molecule has 1 aliphatic heterocycles. The van der Waals surface area contributed by atoms with Crippen LogP contribution in [0.5, 0.6) is 0 Å². The molecule has 0 radical (unpaired) electrons. The van der Waals surface area contributed by atoms with Gasteiger partial charge in [-0.3, -0.25) is 4.90 Å². The number of hydrogen-bond acceptors (Lipinski definition) is 2. The van der Waals surface area contributed by atoms with Crippen LogP contribution in [0.4, 0.5) is 0 Å². The fraction of sp³-hybridized carbons (Fsp3) is 1.00. The molecule has 0 aromatic heterocycles. The van der Waals surface area contributed by atoms with E-state index in [-0.39, 0.29) is 0 Å². The van der Waals surface area contributed by atoms with Crippen molar-refractivity contribution in [2.45, 2.75) is 64.0 Å². The number of rotatable bonds is 3. The lowest BCUT2D eigenvalue weighted by Gasteiger charge is -2.39. The Morgan fingerprint density at radius 3 is 2.47 bits per heavy atom. The van der Waals surface area contributed by atoms with Gasteiger partial charge in [0.15, 0.2) is 0 Å². The molecule has 0 bridgehead atoms. The number of likely N-dealkylation sites (tertiary alicyclic amines) is 1. The highest BCUT2D eigenvalue weighted by atomic mass is 15.2. The predicted octanol–water partition coefficient (Wildman–Crippen LogP) is 2.38. The number of hydrogen-bond donors (Lipinski definition) is 1. The summed E-state index contributed by atoms with van der Waals surface area (Å²) in [5.41, 5.74) is 6.09. The van der Waals surface area contributed by atoms with E-state index < -0.39 is 0 Å². The zero-order chi connectivity index (χ0) is 10.7. The van der Waals surface area contributed by atoms with Crippen LogP contribution in [0, 0.1) is 5.92 Å². The van der Waals surface area contributed by atoms with E-state index in [2.05, 4.69) is 11.8 Å². The van der Waals surface area contributed by atoms with Crippen molar-refractivity contribution in [2.24, 2.45) is 11.7 Å². The van der Waals surface area contributed by atoms with Crippen LogP contribution >= 0.6 is 0 Å². The maximum atomic E-state index is 6.09. The van der Waals surface area contributed by atoms with Gasteiger partial charge in [-0.05, 0) is 45.1 Å². The van der Waals surface area contributed by atoms with Gasteiger partial charge in [0, 0.05) is 18.6 Å². The average Bonchev–Trinajstić information content (AvgIpc) is 2.71. The minimum Gasteiger partial charge on any atom is -0.327 e. The van der Waals surface area contributed by atoms with Gasteiger partial charge in [0.05, 0.1) is 0 Å². The Morgan fingerprint density at radius 2 is 1.80 bits per heavy atom. The first-order valence-corrected chi connectivity index (χ1v) is 6.77. The topological polar surface area (TPSA) is 29.3 Å². The molecular weight excluding hydrogens is 184 g/mol. The van der Waals surface area contributed by atoms with Gasteiger partial charge in [0.1, 0.15) is 0 Å². The van der Waals surface area contributed by atoms with Crippen molar-refractivity contribution in [3.63, 3.8) is 0 Å². The summed E-state index contributed by atoms with van der Waals surface area (Å²) in [6.07, 6.45) is 9.93. The SMILES string of the molecule is CC(N)C1CCCCN1CC1CCCC1. The van der Waals surface area contributed by atoms with E-state index in [9.17, 15) is 0 Å². The highest BCUT2D eigenvalue weighted by Crippen LogP contribution is 2.28. The van der Waals surface area contributed by atoms with Crippen molar-refractivity contribution < 1.29 is 0 Å². The maximum absolute atomic E-state index is 6.09. The molecule has 1 saturated heterocycles. The van der Waals surface area contributed by atoms with Gasteiger partial charge < -0.3 is 5.73 Å². The van der Waals surface area contributed by atoms with Crippen molar-refractivity contribution >= 4 is 0 Å². The van der Waals surface area contributed by atoms with Crippen LogP contribution in [0.25, 0.3) is 0 Å². The molecule has 2 fully saturated rings. The lowest BCUT2D eigenvalue weighted by molar-refractivity contribution is 0.111. The Labute approximate surface area is 94.2 Å². The highest BCUT2D eigenvalue weighted by molar-refractivity contribution is 4.85. The van der Waals surface area contributed by atoms with Crippen molar-refractivity contribution in [2.75, 3.05) is 13.1 Å². The van der Waals surface area contributed by atoms with E-state index in [1.165, 1.54) is 58.0 Å². The third kappa shape index (κ3) is 2.94. The lowest BCUT2D eigenvalue weighted by atomic mass is 9.95. The molecule has 2 heteroatoms. The largest absolute Gasteiger partial charge is 0.327 e. The Morgan fingerprint density at radius 1 is 1.13 bits per heavy atom. The molecule has 2 aliphatic rings. The monoisotopic (exact) mass is 210 g/mol. The molecule has 1 aliphatic carbocycles. The van der Waals surface area contributed by atoms with Crippen LogP contribution in [-0.2, 0) is 0 Å². The third-order valence-corrected chi connectivity index (χ3v) is 4.24. The summed E-state index contributed by atoms with van der Waals surface area (Å²) < 4.78 is 0. The predicted molar refractivity (Wildman–Crippen MR) is 64.8 cm³/mol. The van der Waals surface area contributed by atoms with Crippen molar-refractivity contribution in [3.8, 4) is 0 Å². The molecule has 2 nitrogen and oxygen atoms in total. The summed E-state index contributed by atoms with van der Waals surface area (Å²) in [6.45, 7) is 4.80. The van der Waals surface area contributed by atoms with Gasteiger partial charge in [-0.15, -0.1) is 0 Å². The van der Waals surface area contributed by atoms with E-state index in [4.69, 9.17) is 5.73 Å². The summed E-state index contributed by atoms with van der Waals surface area (Å²) in [4.78, 5) is 2.68. The lowest BCUT2D eigenvalue weighted by Crippen LogP contribution is -2.50. The summed E-state index contributed by atoms with van der Waals surface area (Å²) in [7, 11) is 0. The van der Waals surface area contributed by atoms with E-state index in [0.717, 1.165) is 5.92 Å². The van der Waals surface area contributed by atoms with Crippen LogP contribution < -0.4 is 5.73 Å². The molecule has 88 valence electrons. The van der Waals surface area contributed by atoms with Crippen LogP contribution in [0.3, 0.4) is 0 Å². The zero-order valence-corrected chi connectivity index (χ0v) is 10.1. The standard InChI is InChI=1S/C13H26N2/c1-11(14)13-8-4-5-9-15(13)10-12-6-2-3-7-12/h11-13H,2-10,14H2,1H3. The van der Waals surface area contributed by atoms with Crippen molar-refractivity contribution in [1.82, 2.24) is 4.90 Å². The maximum Gasteiger partial charge on any atom is 0.0244 e. The minimum absolute atomic E-state index is 0.353. The number of piperidine rings is 1. The molecule has 15 heavy (non-hydrogen) atoms. The first-order chi connectivity index (χ1) is 7.27. The minimum atomic E-state index is 0.353. The molecule has 2 N–H and O–H groups in total. The molecule has 2 unspecified atom stereocenters. The molecular formula is C13H26N2. The van der Waals surface area contributed by atoms with Gasteiger partial charge in [-0.2, -0.15) is 0 Å². The molecule has 1 heterocycles. The number of nitrogens with zero attached hydrogens (tertiary/aromatic N) is 1. The molecule has 1 saturated carbocycles. The Balaban J connectivity index is 1.86. The zero-order valence-electron chi connectivity index (χ0n) is 10.1. The Bertz CT molecular complexity index is 185. The smallest absolute Gasteiger partial charge is 0.0244 e. The molecule has 0 aromatic carbocycles. The van der Waals surface area contributed by atoms with Crippen LogP contribution in [0.1, 0.15) is 51.9 Å². The second kappa shape index (κ2) is 5.31. The van der Waals surface area contributed by atoms with Gasteiger partial charge in [-0.1, -0.05) is 19.3 Å². The molecule has 0 spiro atoms. The van der Waals surface area contributed by atoms with Crippen molar-refractivity contribution in [1.29, 1.82) is 0 Å². The fourth-order valence-electron chi connectivity index (χ4n) is 3.36. The summed E-state index contributed by atoms with van der Waals surface area (Å²) in [5, 5.41) is 0. The Kier molecular flexibility index (Phi) is 4.04. The van der Waals surface area contributed by atoms with E-state index in [1.54, 1.807) is 0 Å². The fourth-order valence-corrected chi connectivity index (χ4v) is 3.36. The third-order valence-electron chi connectivity index (χ3n) is 4.24. The highest BCUT2D eigenvalue weighted by Gasteiger charge is 2.28. The first-order valence-electron chi connectivity index (χ1n) is 6.77. The van der Waals surface area contributed by atoms with Gasteiger partial charge in [0.25, 0.3) is 0 Å². The summed E-state index contributed by atoms with van der Waals surface area (Å²) in [6, 6.07) is 1.02. The van der Waals surface area contributed by atoms with Gasteiger partial charge >= 0.3 is 0 Å². The van der Waals surface area contributed by atoms with Crippen LogP contribution in [0.15, 0.2) is 0 Å². The normalized spacial score (nSPS) is 32.0. The first kappa shape index (κ1) is 11.4. The quantitative estimate of drug-likeness (QED) is 0.775. The second-order valence-electron chi connectivity index (χ2n) is 5.57. The number of nitrogens with two attached hydrogens (primary N) is 1. The van der Waals surface area contributed by atoms with Gasteiger partial charge in [-0.25, -0.2) is 0 Å². The molecule has 2 rings (SSSR count). The average molecular weight is 210 g/mol. The van der Waals surface area contributed by atoms with Crippen LogP contribution in [0.2, 0.25) is 0 Å². The Hall–Kier alpha value is -0.0800. The van der Waals surface area contributed by atoms with E-state index in [0.29, 0.717) is 12.1 Å². The van der Waals surface area contributed by atoms with Gasteiger partial charge in [0.2, 0.25) is 0 Å². The van der Waals surface area contributed by atoms with E-state index in [1.807, 2.05) is 0 Å². The molecule has 2 atom stereocenters. The summed E-state index contributed by atoms with van der Waals surface area (Å²) >= 11 is 0. The van der Waals surface area contributed by atoms with E-state index >= 15 is 0 Å². The summed E-state index contributed by atoms with van der Waals surface area (Å²) in [5.74, 6) is 0.976. The van der Waals surface area contributed by atoms with Crippen molar-refractivity contribution in [3.05, 3.63) is 0 Å². The molecule has 0 aromatic rings.